The Labute approximate surface area is 240 Å². The summed E-state index contributed by atoms with van der Waals surface area (Å²) in [4.78, 5) is 31.0. The highest BCUT2D eigenvalue weighted by Crippen LogP contribution is 2.32. The number of benzene rings is 2. The molecule has 0 spiro atoms. The number of ether oxygens (including phenoxy) is 3. The van der Waals surface area contributed by atoms with Crippen LogP contribution < -0.4 is 14.5 Å². The molecular formula is C31H39N3O5S. The molecule has 0 bridgehead atoms. The molecule has 0 N–H and O–H groups in total. The number of aryl methyl sites for hydroxylation is 1. The van der Waals surface area contributed by atoms with Gasteiger partial charge in [-0.25, -0.2) is 4.79 Å². The van der Waals surface area contributed by atoms with Gasteiger partial charge in [-0.05, 0) is 66.9 Å². The molecule has 1 amide bonds. The molecule has 8 nitrogen and oxygen atoms in total. The molecule has 2 aliphatic heterocycles. The SMILES string of the molecule is CC(C)COC(=O)OCN1C(=O)CCc2ccc(OCCCCN3CCN(c4cccc5sccc45)CC3)cc21. The van der Waals surface area contributed by atoms with E-state index in [1.807, 2.05) is 32.0 Å². The Morgan fingerprint density at radius 1 is 0.975 bits per heavy atom. The second-order valence-corrected chi connectivity index (χ2v) is 11.8. The predicted octanol–water partition coefficient (Wildman–Crippen LogP) is 5.93. The van der Waals surface area contributed by atoms with Gasteiger partial charge in [-0.1, -0.05) is 26.0 Å². The zero-order valence-electron chi connectivity index (χ0n) is 23.5. The monoisotopic (exact) mass is 565 g/mol. The van der Waals surface area contributed by atoms with Gasteiger partial charge >= 0.3 is 6.16 Å². The van der Waals surface area contributed by atoms with Gasteiger partial charge in [0.15, 0.2) is 6.73 Å². The van der Waals surface area contributed by atoms with E-state index in [2.05, 4.69) is 39.4 Å². The first-order chi connectivity index (χ1) is 19.5. The number of carbonyl (C=O) groups is 2. The molecule has 5 rings (SSSR count). The molecule has 9 heteroatoms. The molecule has 2 aromatic carbocycles. The highest BCUT2D eigenvalue weighted by atomic mass is 32.1. The van der Waals surface area contributed by atoms with Crippen molar-refractivity contribution in [3.05, 3.63) is 53.4 Å². The molecule has 1 saturated heterocycles. The number of thiophene rings is 1. The summed E-state index contributed by atoms with van der Waals surface area (Å²) < 4.78 is 17.7. The minimum atomic E-state index is -0.762. The number of hydrogen-bond acceptors (Lipinski definition) is 8. The lowest BCUT2D eigenvalue weighted by atomic mass is 10.0. The molecule has 0 atom stereocenters. The number of piperazine rings is 1. The van der Waals surface area contributed by atoms with Gasteiger partial charge in [-0.3, -0.25) is 14.6 Å². The van der Waals surface area contributed by atoms with Crippen molar-refractivity contribution >= 4 is 44.9 Å². The van der Waals surface area contributed by atoms with Gasteiger partial charge in [0.2, 0.25) is 5.91 Å². The van der Waals surface area contributed by atoms with Crippen molar-refractivity contribution in [2.45, 2.75) is 39.5 Å². The lowest BCUT2D eigenvalue weighted by Gasteiger charge is -2.36. The fourth-order valence-electron chi connectivity index (χ4n) is 5.24. The largest absolute Gasteiger partial charge is 0.510 e. The maximum atomic E-state index is 12.6. The van der Waals surface area contributed by atoms with Gasteiger partial charge < -0.3 is 19.1 Å². The maximum Gasteiger partial charge on any atom is 0.510 e. The highest BCUT2D eigenvalue weighted by Gasteiger charge is 2.26. The van der Waals surface area contributed by atoms with Gasteiger partial charge in [0.05, 0.1) is 18.9 Å². The fraction of sp³-hybridized carbons (Fsp3) is 0.484. The summed E-state index contributed by atoms with van der Waals surface area (Å²) in [5, 5.41) is 3.54. The summed E-state index contributed by atoms with van der Waals surface area (Å²) >= 11 is 1.80. The summed E-state index contributed by atoms with van der Waals surface area (Å²) in [5.74, 6) is 0.859. The Morgan fingerprint density at radius 3 is 2.65 bits per heavy atom. The number of carbonyl (C=O) groups excluding carboxylic acids is 2. The predicted molar refractivity (Wildman–Crippen MR) is 160 cm³/mol. The number of nitrogens with zero attached hydrogens (tertiary/aromatic N) is 3. The van der Waals surface area contributed by atoms with E-state index >= 15 is 0 Å². The van der Waals surface area contributed by atoms with Crippen LogP contribution in [0.4, 0.5) is 16.2 Å². The first-order valence-electron chi connectivity index (χ1n) is 14.3. The van der Waals surface area contributed by atoms with Crippen LogP contribution in [0.1, 0.15) is 38.7 Å². The van der Waals surface area contributed by atoms with E-state index in [-0.39, 0.29) is 25.2 Å². The molecule has 3 aromatic rings. The summed E-state index contributed by atoms with van der Waals surface area (Å²) in [6.07, 6.45) is 2.32. The average molecular weight is 566 g/mol. The van der Waals surface area contributed by atoms with E-state index in [4.69, 9.17) is 14.2 Å². The van der Waals surface area contributed by atoms with E-state index in [0.717, 1.165) is 62.6 Å². The zero-order valence-corrected chi connectivity index (χ0v) is 24.3. The van der Waals surface area contributed by atoms with Crippen LogP contribution in [0.5, 0.6) is 5.75 Å². The molecule has 40 heavy (non-hydrogen) atoms. The van der Waals surface area contributed by atoms with Crippen LogP contribution in [-0.2, 0) is 20.7 Å². The molecule has 1 aromatic heterocycles. The fourth-order valence-corrected chi connectivity index (χ4v) is 6.04. The first kappa shape index (κ1) is 28.2. The van der Waals surface area contributed by atoms with Crippen molar-refractivity contribution in [2.75, 3.05) is 62.5 Å². The molecular weight excluding hydrogens is 526 g/mol. The van der Waals surface area contributed by atoms with Crippen LogP contribution in [0.2, 0.25) is 0 Å². The third-order valence-corrected chi connectivity index (χ3v) is 8.31. The Morgan fingerprint density at radius 2 is 1.82 bits per heavy atom. The van der Waals surface area contributed by atoms with Gasteiger partial charge in [0, 0.05) is 54.4 Å². The molecule has 2 aliphatic rings. The summed E-state index contributed by atoms with van der Waals surface area (Å²) in [7, 11) is 0. The second-order valence-electron chi connectivity index (χ2n) is 10.8. The van der Waals surface area contributed by atoms with E-state index in [9.17, 15) is 9.59 Å². The van der Waals surface area contributed by atoms with Crippen molar-refractivity contribution < 1.29 is 23.8 Å². The number of unbranched alkanes of at least 4 members (excludes halogenated alkanes) is 1. The number of fused-ring (bicyclic) bond motifs is 2. The zero-order chi connectivity index (χ0) is 27.9. The van der Waals surface area contributed by atoms with Gasteiger partial charge in [-0.15, -0.1) is 11.3 Å². The van der Waals surface area contributed by atoms with Crippen LogP contribution in [0, 0.1) is 5.92 Å². The Hall–Kier alpha value is -3.30. The standard InChI is InChI=1S/C31H39N3O5S/c1-23(2)21-38-31(36)39-22-34-28-20-25(10-8-24(28)9-11-30(34)35)37-18-4-3-13-32-14-16-33(17-15-32)27-6-5-7-29-26(27)12-19-40-29/h5-8,10,12,19-20,23H,3-4,9,11,13-18,21-22H2,1-2H3. The first-order valence-corrected chi connectivity index (χ1v) is 15.1. The number of amides is 1. The minimum Gasteiger partial charge on any atom is -0.494 e. The van der Waals surface area contributed by atoms with E-state index in [1.54, 1.807) is 11.3 Å². The molecule has 0 radical (unpaired) electrons. The molecule has 0 saturated carbocycles. The molecule has 214 valence electrons. The normalized spacial score (nSPS) is 15.9. The molecule has 3 heterocycles. The van der Waals surface area contributed by atoms with Crippen molar-refractivity contribution in [1.29, 1.82) is 0 Å². The van der Waals surface area contributed by atoms with E-state index in [1.165, 1.54) is 20.7 Å². The van der Waals surface area contributed by atoms with E-state index < -0.39 is 6.16 Å². The smallest absolute Gasteiger partial charge is 0.494 e. The Balaban J connectivity index is 1.04. The van der Waals surface area contributed by atoms with Crippen LogP contribution >= 0.6 is 11.3 Å². The minimum absolute atomic E-state index is 0.0755. The van der Waals surface area contributed by atoms with Crippen molar-refractivity contribution in [1.82, 2.24) is 4.90 Å². The lowest BCUT2D eigenvalue weighted by molar-refractivity contribution is -0.119. The molecule has 1 fully saturated rings. The Kier molecular flexibility index (Phi) is 9.44. The third kappa shape index (κ3) is 7.06. The maximum absolute atomic E-state index is 12.6. The van der Waals surface area contributed by atoms with Crippen molar-refractivity contribution in [3.8, 4) is 5.75 Å². The second kappa shape index (κ2) is 13.4. The van der Waals surface area contributed by atoms with Crippen LogP contribution in [0.3, 0.4) is 0 Å². The average Bonchev–Trinajstić information content (AvgIpc) is 3.45. The summed E-state index contributed by atoms with van der Waals surface area (Å²) in [5.41, 5.74) is 3.14. The topological polar surface area (TPSA) is 71.5 Å². The number of rotatable bonds is 11. The van der Waals surface area contributed by atoms with Gasteiger partial charge in [-0.2, -0.15) is 0 Å². The quantitative estimate of drug-likeness (QED) is 0.211. The van der Waals surface area contributed by atoms with E-state index in [0.29, 0.717) is 19.4 Å². The number of hydrogen-bond donors (Lipinski definition) is 0. The number of anilines is 2. The van der Waals surface area contributed by atoms with Crippen LogP contribution in [0.25, 0.3) is 10.1 Å². The summed E-state index contributed by atoms with van der Waals surface area (Å²) in [6, 6.07) is 14.7. The lowest BCUT2D eigenvalue weighted by Crippen LogP contribution is -2.46. The molecule has 0 aliphatic carbocycles. The summed E-state index contributed by atoms with van der Waals surface area (Å²) in [6.45, 7) is 9.95. The highest BCUT2D eigenvalue weighted by molar-refractivity contribution is 7.17. The van der Waals surface area contributed by atoms with Crippen LogP contribution in [-0.4, -0.2) is 69.6 Å². The van der Waals surface area contributed by atoms with Crippen molar-refractivity contribution in [2.24, 2.45) is 5.92 Å². The molecule has 0 unspecified atom stereocenters. The Bertz CT molecular complexity index is 1300. The van der Waals surface area contributed by atoms with Gasteiger partial charge in [0.1, 0.15) is 5.75 Å². The van der Waals surface area contributed by atoms with Gasteiger partial charge in [0.25, 0.3) is 0 Å². The van der Waals surface area contributed by atoms with Crippen molar-refractivity contribution in [3.63, 3.8) is 0 Å². The third-order valence-electron chi connectivity index (χ3n) is 7.43. The van der Waals surface area contributed by atoms with Crippen LogP contribution in [0.15, 0.2) is 47.8 Å².